The van der Waals surface area contributed by atoms with Gasteiger partial charge in [-0.1, -0.05) is 6.92 Å². The molecule has 0 saturated heterocycles. The fourth-order valence-corrected chi connectivity index (χ4v) is 1.48. The van der Waals surface area contributed by atoms with Crippen LogP contribution in [-0.2, 0) is 4.79 Å². The van der Waals surface area contributed by atoms with Gasteiger partial charge in [-0.3, -0.25) is 4.79 Å². The zero-order valence-electron chi connectivity index (χ0n) is 10.3. The predicted octanol–water partition coefficient (Wildman–Crippen LogP) is 1.76. The first-order valence-corrected chi connectivity index (χ1v) is 5.71. The lowest BCUT2D eigenvalue weighted by molar-refractivity contribution is -0.115. The minimum Gasteiger partial charge on any atom is -0.324 e. The van der Waals surface area contributed by atoms with Gasteiger partial charge >= 0.3 is 0 Å². The number of anilines is 1. The molecule has 94 valence electrons. The molecule has 0 bridgehead atoms. The van der Waals surface area contributed by atoms with Crippen LogP contribution in [0.4, 0.5) is 5.69 Å². The van der Waals surface area contributed by atoms with E-state index in [1.54, 1.807) is 31.5 Å². The third-order valence-electron chi connectivity index (χ3n) is 2.45. The van der Waals surface area contributed by atoms with E-state index in [1.807, 2.05) is 6.07 Å². The van der Waals surface area contributed by atoms with Crippen LogP contribution in [0, 0.1) is 11.3 Å². The van der Waals surface area contributed by atoms with E-state index in [4.69, 9.17) is 5.26 Å². The minimum atomic E-state index is -0.158. The predicted molar refractivity (Wildman–Crippen MR) is 68.9 cm³/mol. The van der Waals surface area contributed by atoms with E-state index in [2.05, 4.69) is 20.3 Å². The highest BCUT2D eigenvalue weighted by Gasteiger charge is 2.09. The van der Waals surface area contributed by atoms with Crippen LogP contribution in [0.25, 0.3) is 11.3 Å². The van der Waals surface area contributed by atoms with Crippen molar-refractivity contribution in [3.8, 4) is 17.3 Å². The maximum atomic E-state index is 11.3. The SMILES string of the molecule is CCC(=O)Nc1ccc(-c2cncnc2)nc1C#N. The van der Waals surface area contributed by atoms with Crippen molar-refractivity contribution in [1.82, 2.24) is 15.0 Å². The van der Waals surface area contributed by atoms with E-state index in [9.17, 15) is 4.79 Å². The number of nitrogens with one attached hydrogen (secondary N) is 1. The number of amides is 1. The molecule has 0 unspecified atom stereocenters. The van der Waals surface area contributed by atoms with Crippen molar-refractivity contribution in [3.05, 3.63) is 36.5 Å². The maximum absolute atomic E-state index is 11.3. The van der Waals surface area contributed by atoms with Gasteiger partial charge in [-0.2, -0.15) is 5.26 Å². The standard InChI is InChI=1S/C13H11N5O/c1-2-13(19)18-11-4-3-10(17-12(11)5-14)9-6-15-8-16-7-9/h3-4,6-8H,2H2,1H3,(H,18,19). The zero-order chi connectivity index (χ0) is 13.7. The topological polar surface area (TPSA) is 91.6 Å². The Morgan fingerprint density at radius 3 is 2.74 bits per heavy atom. The summed E-state index contributed by atoms with van der Waals surface area (Å²) in [4.78, 5) is 23.3. The van der Waals surface area contributed by atoms with Gasteiger partial charge in [0.05, 0.1) is 11.4 Å². The second-order valence-electron chi connectivity index (χ2n) is 3.73. The van der Waals surface area contributed by atoms with Crippen molar-refractivity contribution in [2.45, 2.75) is 13.3 Å². The van der Waals surface area contributed by atoms with E-state index in [0.717, 1.165) is 0 Å². The van der Waals surface area contributed by atoms with Crippen LogP contribution in [-0.4, -0.2) is 20.9 Å². The van der Waals surface area contributed by atoms with Crippen molar-refractivity contribution >= 4 is 11.6 Å². The van der Waals surface area contributed by atoms with Crippen LogP contribution >= 0.6 is 0 Å². The Morgan fingerprint density at radius 2 is 2.11 bits per heavy atom. The average molecular weight is 253 g/mol. The molecule has 0 aliphatic heterocycles. The fourth-order valence-electron chi connectivity index (χ4n) is 1.48. The third kappa shape index (κ3) is 2.90. The summed E-state index contributed by atoms with van der Waals surface area (Å²) in [6.07, 6.45) is 4.99. The number of nitriles is 1. The average Bonchev–Trinajstić information content (AvgIpc) is 2.48. The lowest BCUT2D eigenvalue weighted by Crippen LogP contribution is -2.11. The van der Waals surface area contributed by atoms with E-state index in [1.165, 1.54) is 6.33 Å². The molecule has 1 amide bonds. The summed E-state index contributed by atoms with van der Waals surface area (Å²) < 4.78 is 0. The van der Waals surface area contributed by atoms with Gasteiger partial charge in [0.2, 0.25) is 5.91 Å². The van der Waals surface area contributed by atoms with Crippen molar-refractivity contribution in [2.75, 3.05) is 5.32 Å². The first-order valence-electron chi connectivity index (χ1n) is 5.71. The summed E-state index contributed by atoms with van der Waals surface area (Å²) in [5, 5.41) is 11.7. The fraction of sp³-hybridized carbons (Fsp3) is 0.154. The number of aromatic nitrogens is 3. The molecule has 6 heteroatoms. The molecular weight excluding hydrogens is 242 g/mol. The van der Waals surface area contributed by atoms with E-state index >= 15 is 0 Å². The van der Waals surface area contributed by atoms with Gasteiger partial charge in [0.15, 0.2) is 5.69 Å². The molecule has 0 aliphatic carbocycles. The van der Waals surface area contributed by atoms with E-state index in [0.29, 0.717) is 23.4 Å². The Morgan fingerprint density at radius 1 is 1.37 bits per heavy atom. The Kier molecular flexibility index (Phi) is 3.78. The van der Waals surface area contributed by atoms with Gasteiger partial charge in [0.1, 0.15) is 12.4 Å². The summed E-state index contributed by atoms with van der Waals surface area (Å²) >= 11 is 0. The van der Waals surface area contributed by atoms with Gasteiger partial charge in [-0.25, -0.2) is 15.0 Å². The van der Waals surface area contributed by atoms with Crippen LogP contribution in [0.1, 0.15) is 19.0 Å². The summed E-state index contributed by atoms with van der Waals surface area (Å²) in [6, 6.07) is 5.34. The second-order valence-corrected chi connectivity index (χ2v) is 3.73. The van der Waals surface area contributed by atoms with Gasteiger partial charge in [0, 0.05) is 24.4 Å². The Labute approximate surface area is 110 Å². The largest absolute Gasteiger partial charge is 0.324 e. The van der Waals surface area contributed by atoms with Gasteiger partial charge in [0.25, 0.3) is 0 Å². The lowest BCUT2D eigenvalue weighted by atomic mass is 10.2. The smallest absolute Gasteiger partial charge is 0.224 e. The molecule has 0 saturated carbocycles. The monoisotopic (exact) mass is 253 g/mol. The van der Waals surface area contributed by atoms with Crippen LogP contribution in [0.5, 0.6) is 0 Å². The van der Waals surface area contributed by atoms with Crippen LogP contribution in [0.15, 0.2) is 30.9 Å². The molecular formula is C13H11N5O. The highest BCUT2D eigenvalue weighted by atomic mass is 16.1. The first kappa shape index (κ1) is 12.6. The Balaban J connectivity index is 2.37. The van der Waals surface area contributed by atoms with Crippen LogP contribution in [0.3, 0.4) is 0 Å². The molecule has 0 radical (unpaired) electrons. The molecule has 2 aromatic rings. The molecule has 0 fully saturated rings. The van der Waals surface area contributed by atoms with Gasteiger partial charge < -0.3 is 5.32 Å². The number of nitrogens with zero attached hydrogens (tertiary/aromatic N) is 4. The highest BCUT2D eigenvalue weighted by molar-refractivity contribution is 5.91. The normalized spacial score (nSPS) is 9.68. The molecule has 0 spiro atoms. The number of pyridine rings is 1. The molecule has 2 aromatic heterocycles. The number of rotatable bonds is 3. The molecule has 0 aliphatic rings. The summed E-state index contributed by atoms with van der Waals surface area (Å²) in [5.74, 6) is -0.158. The zero-order valence-corrected chi connectivity index (χ0v) is 10.3. The maximum Gasteiger partial charge on any atom is 0.224 e. The quantitative estimate of drug-likeness (QED) is 0.899. The minimum absolute atomic E-state index is 0.158. The Bertz CT molecular complexity index is 633. The molecule has 2 rings (SSSR count). The molecule has 1 N–H and O–H groups in total. The number of hydrogen-bond donors (Lipinski definition) is 1. The molecule has 0 aromatic carbocycles. The van der Waals surface area contributed by atoms with Crippen molar-refractivity contribution in [1.29, 1.82) is 5.26 Å². The molecule has 0 atom stereocenters. The Hall–Kier alpha value is -2.81. The molecule has 19 heavy (non-hydrogen) atoms. The summed E-state index contributed by atoms with van der Waals surface area (Å²) in [6.45, 7) is 1.74. The number of hydrogen-bond acceptors (Lipinski definition) is 5. The van der Waals surface area contributed by atoms with Gasteiger partial charge in [-0.05, 0) is 12.1 Å². The lowest BCUT2D eigenvalue weighted by Gasteiger charge is -2.07. The first-order chi connectivity index (χ1) is 9.24. The number of carbonyl (C=O) groups excluding carboxylic acids is 1. The molecule has 2 heterocycles. The summed E-state index contributed by atoms with van der Waals surface area (Å²) in [5.41, 5.74) is 1.89. The van der Waals surface area contributed by atoms with Gasteiger partial charge in [-0.15, -0.1) is 0 Å². The van der Waals surface area contributed by atoms with Crippen molar-refractivity contribution < 1.29 is 4.79 Å². The second kappa shape index (κ2) is 5.69. The highest BCUT2D eigenvalue weighted by Crippen LogP contribution is 2.20. The van der Waals surface area contributed by atoms with Crippen LogP contribution < -0.4 is 5.32 Å². The van der Waals surface area contributed by atoms with Crippen molar-refractivity contribution in [3.63, 3.8) is 0 Å². The van der Waals surface area contributed by atoms with Crippen LogP contribution in [0.2, 0.25) is 0 Å². The summed E-state index contributed by atoms with van der Waals surface area (Å²) in [7, 11) is 0. The number of carbonyl (C=O) groups is 1. The third-order valence-corrected chi connectivity index (χ3v) is 2.45. The van der Waals surface area contributed by atoms with E-state index in [-0.39, 0.29) is 11.6 Å². The van der Waals surface area contributed by atoms with Crippen molar-refractivity contribution in [2.24, 2.45) is 0 Å². The molecule has 6 nitrogen and oxygen atoms in total. The van der Waals surface area contributed by atoms with E-state index < -0.39 is 0 Å².